The van der Waals surface area contributed by atoms with Crippen LogP contribution in [-0.4, -0.2) is 37.1 Å². The van der Waals surface area contributed by atoms with E-state index in [1.807, 2.05) is 18.7 Å². The normalized spacial score (nSPS) is 23.1. The molecule has 5 nitrogen and oxygen atoms in total. The van der Waals surface area contributed by atoms with Crippen molar-refractivity contribution in [2.75, 3.05) is 11.6 Å². The molecule has 0 atom stereocenters. The first-order valence-electron chi connectivity index (χ1n) is 6.84. The summed E-state index contributed by atoms with van der Waals surface area (Å²) < 4.78 is 1.74. The van der Waals surface area contributed by atoms with Crippen LogP contribution in [0.3, 0.4) is 0 Å². The molecular formula is C13H18ClN5S. The first kappa shape index (κ1) is 13.9. The summed E-state index contributed by atoms with van der Waals surface area (Å²) in [6.45, 7) is 1.96. The second-order valence-electron chi connectivity index (χ2n) is 5.20. The molecule has 2 heterocycles. The van der Waals surface area contributed by atoms with E-state index in [-0.39, 0.29) is 0 Å². The zero-order chi connectivity index (χ0) is 14.1. The van der Waals surface area contributed by atoms with Crippen LogP contribution >= 0.6 is 23.4 Å². The molecule has 3 rings (SSSR count). The van der Waals surface area contributed by atoms with Gasteiger partial charge < -0.3 is 5.32 Å². The fraction of sp³-hybridized carbons (Fsp3) is 0.615. The first-order chi connectivity index (χ1) is 9.69. The molecule has 0 saturated heterocycles. The maximum absolute atomic E-state index is 6.18. The Labute approximate surface area is 127 Å². The van der Waals surface area contributed by atoms with E-state index in [9.17, 15) is 0 Å². The average molecular weight is 312 g/mol. The molecule has 1 saturated carbocycles. The minimum Gasteiger partial charge on any atom is -0.367 e. The zero-order valence-corrected chi connectivity index (χ0v) is 13.2. The number of halogens is 1. The average Bonchev–Trinajstić information content (AvgIpc) is 2.92. The van der Waals surface area contributed by atoms with Gasteiger partial charge in [0.1, 0.15) is 17.3 Å². The molecule has 1 N–H and O–H groups in total. The Morgan fingerprint density at radius 1 is 1.35 bits per heavy atom. The number of anilines is 1. The highest BCUT2D eigenvalue weighted by Crippen LogP contribution is 2.30. The molecule has 0 radical (unpaired) electrons. The molecule has 108 valence electrons. The minimum absolute atomic E-state index is 0.475. The molecule has 0 bridgehead atoms. The second-order valence-corrected chi connectivity index (χ2v) is 6.70. The van der Waals surface area contributed by atoms with Crippen LogP contribution in [-0.2, 0) is 0 Å². The van der Waals surface area contributed by atoms with Crippen molar-refractivity contribution < 1.29 is 0 Å². The minimum atomic E-state index is 0.475. The van der Waals surface area contributed by atoms with Crippen LogP contribution in [0.1, 0.15) is 31.2 Å². The van der Waals surface area contributed by atoms with E-state index in [1.54, 1.807) is 4.52 Å². The number of hydrogen-bond acceptors (Lipinski definition) is 5. The third kappa shape index (κ3) is 2.59. The predicted molar refractivity (Wildman–Crippen MR) is 83.7 cm³/mol. The van der Waals surface area contributed by atoms with Crippen LogP contribution in [0.4, 0.5) is 5.82 Å². The molecule has 2 aromatic rings. The lowest BCUT2D eigenvalue weighted by Crippen LogP contribution is -2.28. The van der Waals surface area contributed by atoms with Gasteiger partial charge in [-0.3, -0.25) is 0 Å². The van der Waals surface area contributed by atoms with E-state index in [0.29, 0.717) is 17.0 Å². The van der Waals surface area contributed by atoms with Gasteiger partial charge in [0.2, 0.25) is 0 Å². The fourth-order valence-electron chi connectivity index (χ4n) is 2.70. The van der Waals surface area contributed by atoms with Crippen molar-refractivity contribution in [3.63, 3.8) is 0 Å². The number of hydrogen-bond donors (Lipinski definition) is 1. The highest BCUT2D eigenvalue weighted by atomic mass is 35.5. The van der Waals surface area contributed by atoms with Gasteiger partial charge in [-0.2, -0.15) is 31.3 Å². The summed E-state index contributed by atoms with van der Waals surface area (Å²) in [5, 5.41) is 9.12. The first-order valence-corrected chi connectivity index (χ1v) is 8.50. The number of aromatic nitrogens is 4. The van der Waals surface area contributed by atoms with E-state index < -0.39 is 0 Å². The molecule has 0 aromatic carbocycles. The summed E-state index contributed by atoms with van der Waals surface area (Å²) in [7, 11) is 0. The van der Waals surface area contributed by atoms with Crippen molar-refractivity contribution >= 4 is 35.0 Å². The number of fused-ring (bicyclic) bond motifs is 1. The lowest BCUT2D eigenvalue weighted by Gasteiger charge is -2.29. The Bertz CT molecular complexity index is 606. The highest BCUT2D eigenvalue weighted by molar-refractivity contribution is 7.99. The molecule has 1 aliphatic rings. The van der Waals surface area contributed by atoms with Crippen LogP contribution in [0.5, 0.6) is 0 Å². The van der Waals surface area contributed by atoms with Crippen LogP contribution in [0.2, 0.25) is 5.15 Å². The van der Waals surface area contributed by atoms with Crippen molar-refractivity contribution in [3.05, 3.63) is 17.0 Å². The van der Waals surface area contributed by atoms with Crippen molar-refractivity contribution in [1.82, 2.24) is 19.6 Å². The van der Waals surface area contributed by atoms with Crippen LogP contribution in [0.25, 0.3) is 5.78 Å². The smallest absolute Gasteiger partial charge is 0.255 e. The predicted octanol–water partition coefficient (Wildman–Crippen LogP) is 3.17. The molecule has 0 unspecified atom stereocenters. The van der Waals surface area contributed by atoms with E-state index >= 15 is 0 Å². The fourth-order valence-corrected chi connectivity index (χ4v) is 3.61. The molecule has 7 heteroatoms. The molecule has 2 aromatic heterocycles. The molecule has 0 aliphatic heterocycles. The molecule has 0 spiro atoms. The van der Waals surface area contributed by atoms with Crippen molar-refractivity contribution in [2.24, 2.45) is 0 Å². The van der Waals surface area contributed by atoms with Crippen molar-refractivity contribution in [2.45, 2.75) is 43.9 Å². The van der Waals surface area contributed by atoms with Gasteiger partial charge in [-0.25, -0.2) is 0 Å². The molecule has 1 aliphatic carbocycles. The van der Waals surface area contributed by atoms with Crippen LogP contribution < -0.4 is 5.32 Å². The number of nitrogens with one attached hydrogen (secondary N) is 1. The standard InChI is InChI=1S/C13H18ClN5S/c1-8-11(14)18-13-15-7-16-19(13)12(8)17-9-3-5-10(20-2)6-4-9/h7,9-10,17H,3-6H2,1-2H3. The second kappa shape index (κ2) is 5.77. The SMILES string of the molecule is CSC1CCC(Nc2c(C)c(Cl)nc3ncnn23)CC1. The Balaban J connectivity index is 1.84. The third-order valence-corrected chi connectivity index (χ3v) is 5.46. The maximum Gasteiger partial charge on any atom is 0.255 e. The lowest BCUT2D eigenvalue weighted by molar-refractivity contribution is 0.471. The van der Waals surface area contributed by atoms with E-state index in [0.717, 1.165) is 16.6 Å². The summed E-state index contributed by atoms with van der Waals surface area (Å²) in [5.41, 5.74) is 0.927. The van der Waals surface area contributed by atoms with E-state index in [1.165, 1.54) is 32.0 Å². The zero-order valence-electron chi connectivity index (χ0n) is 11.6. The number of rotatable bonds is 3. The number of thioether (sulfide) groups is 1. The van der Waals surface area contributed by atoms with Gasteiger partial charge in [-0.05, 0) is 38.9 Å². The quantitative estimate of drug-likeness (QED) is 0.882. The van der Waals surface area contributed by atoms with E-state index in [2.05, 4.69) is 26.6 Å². The summed E-state index contributed by atoms with van der Waals surface area (Å²) in [5.74, 6) is 1.46. The van der Waals surface area contributed by atoms with Gasteiger partial charge in [0.05, 0.1) is 0 Å². The Morgan fingerprint density at radius 2 is 2.10 bits per heavy atom. The topological polar surface area (TPSA) is 55.1 Å². The van der Waals surface area contributed by atoms with Crippen LogP contribution in [0.15, 0.2) is 6.33 Å². The highest BCUT2D eigenvalue weighted by Gasteiger charge is 2.22. The van der Waals surface area contributed by atoms with Crippen molar-refractivity contribution in [1.29, 1.82) is 0 Å². The van der Waals surface area contributed by atoms with Gasteiger partial charge in [0, 0.05) is 16.9 Å². The summed E-state index contributed by atoms with van der Waals surface area (Å²) in [6, 6.07) is 0.475. The molecular weight excluding hydrogens is 294 g/mol. The van der Waals surface area contributed by atoms with E-state index in [4.69, 9.17) is 11.6 Å². The summed E-state index contributed by atoms with van der Waals surface area (Å²) in [4.78, 5) is 8.34. The Kier molecular flexibility index (Phi) is 4.03. The maximum atomic E-state index is 6.18. The Hall–Kier alpha value is -1.01. The largest absolute Gasteiger partial charge is 0.367 e. The van der Waals surface area contributed by atoms with Gasteiger partial charge >= 0.3 is 0 Å². The lowest BCUT2D eigenvalue weighted by atomic mass is 9.95. The van der Waals surface area contributed by atoms with Gasteiger partial charge in [0.25, 0.3) is 5.78 Å². The molecule has 0 amide bonds. The monoisotopic (exact) mass is 311 g/mol. The summed E-state index contributed by atoms with van der Waals surface area (Å²) >= 11 is 8.15. The third-order valence-electron chi connectivity index (χ3n) is 3.95. The number of nitrogens with zero attached hydrogens (tertiary/aromatic N) is 4. The molecule has 20 heavy (non-hydrogen) atoms. The van der Waals surface area contributed by atoms with Gasteiger partial charge in [0.15, 0.2) is 0 Å². The summed E-state index contributed by atoms with van der Waals surface area (Å²) in [6.07, 6.45) is 8.59. The van der Waals surface area contributed by atoms with Crippen molar-refractivity contribution in [3.8, 4) is 0 Å². The van der Waals surface area contributed by atoms with Gasteiger partial charge in [-0.1, -0.05) is 11.6 Å². The molecule has 1 fully saturated rings. The Morgan fingerprint density at radius 3 is 2.80 bits per heavy atom. The van der Waals surface area contributed by atoms with Gasteiger partial charge in [-0.15, -0.1) is 0 Å². The van der Waals surface area contributed by atoms with Crippen LogP contribution in [0, 0.1) is 6.92 Å².